The molecule has 3 heterocycles. The standard InChI is InChI=1S/C18H16ClN7S/c19-11-7-5-10(6-8-11)17-23-25-26(24-17)9-14-21-16(20)15-12-3-1-2-4-13(12)27-18(15)22-14/h5-8H,1-4,9H2,(H2,20,21,22). The zero-order valence-corrected chi connectivity index (χ0v) is 16.0. The van der Waals surface area contributed by atoms with E-state index in [4.69, 9.17) is 22.3 Å². The molecular formula is C18H16ClN7S. The highest BCUT2D eigenvalue weighted by Gasteiger charge is 2.20. The maximum absolute atomic E-state index is 6.27. The molecule has 136 valence electrons. The molecule has 0 saturated carbocycles. The van der Waals surface area contributed by atoms with E-state index in [0.29, 0.717) is 29.0 Å². The van der Waals surface area contributed by atoms with Crippen molar-refractivity contribution in [2.75, 3.05) is 5.73 Å². The Morgan fingerprint density at radius 1 is 1.11 bits per heavy atom. The van der Waals surface area contributed by atoms with Crippen molar-refractivity contribution < 1.29 is 0 Å². The van der Waals surface area contributed by atoms with E-state index < -0.39 is 0 Å². The lowest BCUT2D eigenvalue weighted by Crippen LogP contribution is -2.09. The van der Waals surface area contributed by atoms with Gasteiger partial charge in [-0.2, -0.15) is 4.80 Å². The van der Waals surface area contributed by atoms with Gasteiger partial charge in [0.25, 0.3) is 0 Å². The van der Waals surface area contributed by atoms with Gasteiger partial charge in [-0.25, -0.2) is 9.97 Å². The number of thiophene rings is 1. The molecule has 0 bridgehead atoms. The molecule has 4 aromatic rings. The van der Waals surface area contributed by atoms with E-state index in [9.17, 15) is 0 Å². The summed E-state index contributed by atoms with van der Waals surface area (Å²) in [6.45, 7) is 0.323. The normalized spacial score (nSPS) is 13.8. The number of rotatable bonds is 3. The number of nitrogens with two attached hydrogens (primary N) is 1. The first-order valence-electron chi connectivity index (χ1n) is 8.78. The minimum absolute atomic E-state index is 0.323. The number of hydrogen-bond acceptors (Lipinski definition) is 7. The van der Waals surface area contributed by atoms with E-state index in [0.717, 1.165) is 28.6 Å². The number of tetrazole rings is 1. The van der Waals surface area contributed by atoms with Crippen LogP contribution in [0.15, 0.2) is 24.3 Å². The topological polar surface area (TPSA) is 95.4 Å². The van der Waals surface area contributed by atoms with Crippen LogP contribution < -0.4 is 5.73 Å². The van der Waals surface area contributed by atoms with Crippen molar-refractivity contribution in [3.8, 4) is 11.4 Å². The summed E-state index contributed by atoms with van der Waals surface area (Å²) in [5.74, 6) is 1.68. The zero-order valence-electron chi connectivity index (χ0n) is 14.4. The van der Waals surface area contributed by atoms with E-state index in [-0.39, 0.29) is 0 Å². The Morgan fingerprint density at radius 3 is 2.78 bits per heavy atom. The van der Waals surface area contributed by atoms with Crippen LogP contribution in [0.1, 0.15) is 29.1 Å². The second kappa shape index (κ2) is 6.54. The Kier molecular flexibility index (Phi) is 4.02. The van der Waals surface area contributed by atoms with Crippen molar-refractivity contribution in [2.45, 2.75) is 32.2 Å². The molecule has 0 spiro atoms. The molecule has 1 aliphatic rings. The molecule has 5 rings (SSSR count). The molecule has 0 unspecified atom stereocenters. The fourth-order valence-electron chi connectivity index (χ4n) is 3.45. The number of fused-ring (bicyclic) bond motifs is 3. The predicted molar refractivity (Wildman–Crippen MR) is 106 cm³/mol. The van der Waals surface area contributed by atoms with Gasteiger partial charge in [-0.15, -0.1) is 21.5 Å². The lowest BCUT2D eigenvalue weighted by Gasteiger charge is -2.10. The van der Waals surface area contributed by atoms with Gasteiger partial charge in [0.15, 0.2) is 5.82 Å². The molecular weight excluding hydrogens is 382 g/mol. The van der Waals surface area contributed by atoms with Gasteiger partial charge in [0, 0.05) is 15.5 Å². The highest BCUT2D eigenvalue weighted by Crippen LogP contribution is 2.37. The Bertz CT molecular complexity index is 1130. The molecule has 0 fully saturated rings. The van der Waals surface area contributed by atoms with Crippen LogP contribution in [0.25, 0.3) is 21.6 Å². The second-order valence-corrected chi connectivity index (χ2v) is 8.09. The summed E-state index contributed by atoms with van der Waals surface area (Å²) >= 11 is 7.66. The number of aryl methyl sites for hydroxylation is 2. The number of halogens is 1. The van der Waals surface area contributed by atoms with Crippen molar-refractivity contribution in [1.82, 2.24) is 30.2 Å². The van der Waals surface area contributed by atoms with Gasteiger partial charge in [-0.3, -0.25) is 0 Å². The first-order valence-corrected chi connectivity index (χ1v) is 9.97. The monoisotopic (exact) mass is 397 g/mol. The molecule has 1 aliphatic carbocycles. The average molecular weight is 398 g/mol. The largest absolute Gasteiger partial charge is 0.383 e. The molecule has 27 heavy (non-hydrogen) atoms. The molecule has 0 amide bonds. The summed E-state index contributed by atoms with van der Waals surface area (Å²) in [5, 5.41) is 14.3. The molecule has 7 nitrogen and oxygen atoms in total. The SMILES string of the molecule is Nc1nc(Cn2nnc(-c3ccc(Cl)cc3)n2)nc2sc3c(c12)CCCC3. The zero-order chi connectivity index (χ0) is 18.4. The first-order chi connectivity index (χ1) is 13.2. The van der Waals surface area contributed by atoms with Crippen LogP contribution in [-0.2, 0) is 19.4 Å². The predicted octanol–water partition coefficient (Wildman–Crippen LogP) is 3.51. The van der Waals surface area contributed by atoms with Crippen molar-refractivity contribution in [1.29, 1.82) is 0 Å². The summed E-state index contributed by atoms with van der Waals surface area (Å²) in [4.78, 5) is 13.1. The van der Waals surface area contributed by atoms with Crippen LogP contribution in [0, 0.1) is 0 Å². The molecule has 9 heteroatoms. The minimum atomic E-state index is 0.323. The number of benzene rings is 1. The van der Waals surface area contributed by atoms with Gasteiger partial charge in [0.05, 0.1) is 5.39 Å². The number of hydrogen-bond donors (Lipinski definition) is 1. The van der Waals surface area contributed by atoms with E-state index in [1.54, 1.807) is 23.5 Å². The second-order valence-electron chi connectivity index (χ2n) is 6.57. The van der Waals surface area contributed by atoms with Crippen LogP contribution in [0.5, 0.6) is 0 Å². The van der Waals surface area contributed by atoms with Gasteiger partial charge >= 0.3 is 0 Å². The molecule has 2 N–H and O–H groups in total. The Hall–Kier alpha value is -2.58. The van der Waals surface area contributed by atoms with Crippen LogP contribution in [0.4, 0.5) is 5.82 Å². The van der Waals surface area contributed by atoms with E-state index in [1.165, 1.54) is 28.1 Å². The molecule has 0 saturated heterocycles. The summed E-state index contributed by atoms with van der Waals surface area (Å²) in [5.41, 5.74) is 8.46. The average Bonchev–Trinajstić information content (AvgIpc) is 3.26. The van der Waals surface area contributed by atoms with E-state index >= 15 is 0 Å². The van der Waals surface area contributed by atoms with Crippen LogP contribution in [-0.4, -0.2) is 30.2 Å². The van der Waals surface area contributed by atoms with Crippen molar-refractivity contribution in [3.05, 3.63) is 45.6 Å². The molecule has 0 radical (unpaired) electrons. The third-order valence-electron chi connectivity index (χ3n) is 4.73. The highest BCUT2D eigenvalue weighted by molar-refractivity contribution is 7.19. The van der Waals surface area contributed by atoms with Gasteiger partial charge in [0.2, 0.25) is 5.82 Å². The van der Waals surface area contributed by atoms with Crippen LogP contribution in [0.2, 0.25) is 5.02 Å². The Labute approximate surface area is 164 Å². The molecule has 1 aromatic carbocycles. The number of anilines is 1. The quantitative estimate of drug-likeness (QED) is 0.568. The van der Waals surface area contributed by atoms with Crippen LogP contribution >= 0.6 is 22.9 Å². The third-order valence-corrected chi connectivity index (χ3v) is 6.16. The fourth-order valence-corrected chi connectivity index (χ4v) is 4.87. The van der Waals surface area contributed by atoms with Gasteiger partial charge in [0.1, 0.15) is 17.2 Å². The molecule has 0 atom stereocenters. The van der Waals surface area contributed by atoms with E-state index in [2.05, 4.69) is 20.4 Å². The number of nitrogen functional groups attached to an aromatic ring is 1. The van der Waals surface area contributed by atoms with Crippen molar-refractivity contribution in [2.24, 2.45) is 0 Å². The lowest BCUT2D eigenvalue weighted by molar-refractivity contribution is 0.556. The van der Waals surface area contributed by atoms with Crippen molar-refractivity contribution in [3.63, 3.8) is 0 Å². The Morgan fingerprint density at radius 2 is 1.93 bits per heavy atom. The maximum atomic E-state index is 6.27. The number of nitrogens with zero attached hydrogens (tertiary/aromatic N) is 6. The highest BCUT2D eigenvalue weighted by atomic mass is 35.5. The minimum Gasteiger partial charge on any atom is -0.383 e. The van der Waals surface area contributed by atoms with Gasteiger partial charge < -0.3 is 5.73 Å². The molecule has 3 aromatic heterocycles. The first kappa shape index (κ1) is 16.6. The summed E-state index contributed by atoms with van der Waals surface area (Å²) in [6.07, 6.45) is 4.62. The maximum Gasteiger partial charge on any atom is 0.204 e. The van der Waals surface area contributed by atoms with Gasteiger partial charge in [-0.1, -0.05) is 11.6 Å². The summed E-state index contributed by atoms with van der Waals surface area (Å²) in [7, 11) is 0. The fraction of sp³-hybridized carbons (Fsp3) is 0.278. The summed E-state index contributed by atoms with van der Waals surface area (Å²) < 4.78 is 0. The molecule has 0 aliphatic heterocycles. The summed E-state index contributed by atoms with van der Waals surface area (Å²) in [6, 6.07) is 7.32. The van der Waals surface area contributed by atoms with E-state index in [1.807, 2.05) is 12.1 Å². The van der Waals surface area contributed by atoms with Crippen LogP contribution in [0.3, 0.4) is 0 Å². The smallest absolute Gasteiger partial charge is 0.204 e. The van der Waals surface area contributed by atoms with Crippen molar-refractivity contribution >= 4 is 39.0 Å². The lowest BCUT2D eigenvalue weighted by atomic mass is 9.97. The number of aromatic nitrogens is 6. The Balaban J connectivity index is 1.46. The van der Waals surface area contributed by atoms with Gasteiger partial charge in [-0.05, 0) is 60.7 Å². The third kappa shape index (κ3) is 3.04.